The van der Waals surface area contributed by atoms with Crippen LogP contribution < -0.4 is 9.47 Å². The summed E-state index contributed by atoms with van der Waals surface area (Å²) in [6.45, 7) is 5.37. The second-order valence-electron chi connectivity index (χ2n) is 7.45. The van der Waals surface area contributed by atoms with Gasteiger partial charge in [0.05, 0.1) is 28.1 Å². The van der Waals surface area contributed by atoms with Gasteiger partial charge < -0.3 is 14.2 Å². The molecule has 0 N–H and O–H groups in total. The lowest BCUT2D eigenvalue weighted by molar-refractivity contribution is -0.384. The first-order valence-corrected chi connectivity index (χ1v) is 12.1. The number of amides is 2. The van der Waals surface area contributed by atoms with E-state index in [1.54, 1.807) is 38.1 Å². The van der Waals surface area contributed by atoms with E-state index in [2.05, 4.69) is 0 Å². The molecule has 0 aromatic heterocycles. The summed E-state index contributed by atoms with van der Waals surface area (Å²) in [5.74, 6) is -0.703. The second kappa shape index (κ2) is 11.9. The van der Waals surface area contributed by atoms with Gasteiger partial charge in [0.15, 0.2) is 11.5 Å². The molecule has 0 bridgehead atoms. The number of nitrogens with zero attached hydrogens (tertiary/aromatic N) is 2. The van der Waals surface area contributed by atoms with Crippen molar-refractivity contribution in [2.24, 2.45) is 0 Å². The summed E-state index contributed by atoms with van der Waals surface area (Å²) < 4.78 is 16.4. The lowest BCUT2D eigenvalue weighted by Gasteiger charge is -2.19. The minimum Gasteiger partial charge on any atom is -0.490 e. The van der Waals surface area contributed by atoms with Crippen molar-refractivity contribution in [1.29, 1.82) is 0 Å². The van der Waals surface area contributed by atoms with Crippen molar-refractivity contribution in [3.8, 4) is 11.5 Å². The second-order valence-corrected chi connectivity index (χ2v) is 8.86. The Hall–Kier alpha value is -3.57. The average molecular weight is 535 g/mol. The van der Waals surface area contributed by atoms with Crippen LogP contribution >= 0.6 is 23.4 Å². The van der Waals surface area contributed by atoms with E-state index in [1.165, 1.54) is 25.1 Å². The molecule has 1 aliphatic heterocycles. The number of carbonyl (C=O) groups is 3. The molecule has 36 heavy (non-hydrogen) atoms. The van der Waals surface area contributed by atoms with Crippen LogP contribution in [-0.4, -0.2) is 46.2 Å². The summed E-state index contributed by atoms with van der Waals surface area (Å²) in [5.41, 5.74) is 1.14. The Bertz CT molecular complexity index is 1220. The van der Waals surface area contributed by atoms with Crippen LogP contribution in [0.1, 0.15) is 31.9 Å². The highest BCUT2D eigenvalue weighted by atomic mass is 35.5. The lowest BCUT2D eigenvalue weighted by Crippen LogP contribution is -2.42. The van der Waals surface area contributed by atoms with Gasteiger partial charge in [-0.05, 0) is 74.0 Å². The zero-order valence-electron chi connectivity index (χ0n) is 19.7. The fraction of sp³-hybridized carbons (Fsp3) is 0.292. The first kappa shape index (κ1) is 27.0. The van der Waals surface area contributed by atoms with E-state index in [0.29, 0.717) is 35.2 Å². The monoisotopic (exact) mass is 534 g/mol. The maximum absolute atomic E-state index is 12.8. The topological polar surface area (TPSA) is 125 Å². The number of benzene rings is 2. The summed E-state index contributed by atoms with van der Waals surface area (Å²) in [6.07, 6.45) is 1.48. The van der Waals surface area contributed by atoms with Gasteiger partial charge >= 0.3 is 5.97 Å². The third-order valence-electron chi connectivity index (χ3n) is 5.00. The van der Waals surface area contributed by atoms with Crippen LogP contribution in [-0.2, 0) is 20.9 Å². The number of hydrogen-bond acceptors (Lipinski definition) is 9. The first-order chi connectivity index (χ1) is 17.2. The van der Waals surface area contributed by atoms with Crippen LogP contribution in [0.3, 0.4) is 0 Å². The Morgan fingerprint density at radius 1 is 1.17 bits per heavy atom. The van der Waals surface area contributed by atoms with E-state index in [0.717, 1.165) is 4.90 Å². The summed E-state index contributed by atoms with van der Waals surface area (Å²) in [4.78, 5) is 48.6. The molecule has 2 aromatic carbocycles. The Morgan fingerprint density at radius 2 is 1.86 bits per heavy atom. The van der Waals surface area contributed by atoms with Crippen LogP contribution in [0.2, 0.25) is 5.02 Å². The molecule has 2 aromatic rings. The van der Waals surface area contributed by atoms with Crippen LogP contribution in [0, 0.1) is 10.1 Å². The predicted molar refractivity (Wildman–Crippen MR) is 134 cm³/mol. The van der Waals surface area contributed by atoms with Gasteiger partial charge in [0.1, 0.15) is 12.6 Å². The van der Waals surface area contributed by atoms with E-state index in [9.17, 15) is 24.5 Å². The average Bonchev–Trinajstić information content (AvgIpc) is 3.11. The van der Waals surface area contributed by atoms with Crippen molar-refractivity contribution < 1.29 is 33.5 Å². The Morgan fingerprint density at radius 3 is 2.47 bits per heavy atom. The lowest BCUT2D eigenvalue weighted by atomic mass is 10.1. The van der Waals surface area contributed by atoms with Crippen LogP contribution in [0.4, 0.5) is 10.5 Å². The van der Waals surface area contributed by atoms with Gasteiger partial charge in [-0.2, -0.15) is 0 Å². The van der Waals surface area contributed by atoms with Gasteiger partial charge in [0.2, 0.25) is 0 Å². The minimum absolute atomic E-state index is 0.0304. The van der Waals surface area contributed by atoms with Crippen molar-refractivity contribution in [3.05, 3.63) is 67.6 Å². The number of non-ortho nitro benzene ring substituents is 1. The number of halogens is 1. The highest BCUT2D eigenvalue weighted by molar-refractivity contribution is 8.18. The molecule has 12 heteroatoms. The molecule has 1 aliphatic rings. The molecule has 2 amide bonds. The number of thioether (sulfide) groups is 1. The van der Waals surface area contributed by atoms with Crippen molar-refractivity contribution >= 4 is 52.2 Å². The molecular weight excluding hydrogens is 512 g/mol. The highest BCUT2D eigenvalue weighted by Crippen LogP contribution is 2.40. The first-order valence-electron chi connectivity index (χ1n) is 10.9. The van der Waals surface area contributed by atoms with E-state index < -0.39 is 28.1 Å². The molecule has 1 heterocycles. The fourth-order valence-electron chi connectivity index (χ4n) is 3.28. The molecule has 0 radical (unpaired) electrons. The van der Waals surface area contributed by atoms with E-state index in [4.69, 9.17) is 25.8 Å². The summed E-state index contributed by atoms with van der Waals surface area (Å²) in [6, 6.07) is 8.02. The van der Waals surface area contributed by atoms with Crippen molar-refractivity contribution in [1.82, 2.24) is 4.90 Å². The standard InChI is InChI=1S/C24H23ClN2O8S/c1-4-33-19-11-16(12-20-22(28)26(24(30)36-20)14(3)23(29)34-5-2)10-18(25)21(19)35-13-15-6-8-17(9-7-15)27(31)32/h6-12,14H,4-5,13H2,1-3H3/b20-12+/t14-/m0/s1. The zero-order chi connectivity index (χ0) is 26.4. The highest BCUT2D eigenvalue weighted by Gasteiger charge is 2.41. The number of carbonyl (C=O) groups excluding carboxylic acids is 3. The van der Waals surface area contributed by atoms with Gasteiger partial charge in [-0.25, -0.2) is 4.79 Å². The van der Waals surface area contributed by atoms with Gasteiger partial charge in [0.25, 0.3) is 16.8 Å². The number of rotatable bonds is 10. The molecule has 0 spiro atoms. The third-order valence-corrected chi connectivity index (χ3v) is 6.16. The molecule has 1 atom stereocenters. The number of imide groups is 1. The fourth-order valence-corrected chi connectivity index (χ4v) is 4.46. The molecule has 1 saturated heterocycles. The van der Waals surface area contributed by atoms with Gasteiger partial charge in [-0.3, -0.25) is 24.6 Å². The number of hydrogen-bond donors (Lipinski definition) is 0. The molecule has 10 nitrogen and oxygen atoms in total. The molecule has 0 aliphatic carbocycles. The molecule has 3 rings (SSSR count). The Kier molecular flexibility index (Phi) is 8.94. The number of nitro groups is 1. The number of ether oxygens (including phenoxy) is 3. The number of esters is 1. The Balaban J connectivity index is 1.82. The normalized spacial score (nSPS) is 15.2. The zero-order valence-corrected chi connectivity index (χ0v) is 21.3. The molecule has 0 unspecified atom stereocenters. The molecule has 1 fully saturated rings. The molecular formula is C24H23ClN2O8S. The predicted octanol–water partition coefficient (Wildman–Crippen LogP) is 5.21. The molecule has 190 valence electrons. The maximum atomic E-state index is 12.8. The maximum Gasteiger partial charge on any atom is 0.329 e. The number of nitro benzene ring substituents is 1. The van der Waals surface area contributed by atoms with Crippen LogP contribution in [0.15, 0.2) is 41.3 Å². The molecule has 0 saturated carbocycles. The van der Waals surface area contributed by atoms with Crippen molar-refractivity contribution in [3.63, 3.8) is 0 Å². The van der Waals surface area contributed by atoms with Crippen molar-refractivity contribution in [2.75, 3.05) is 13.2 Å². The van der Waals surface area contributed by atoms with E-state index >= 15 is 0 Å². The largest absolute Gasteiger partial charge is 0.490 e. The SMILES string of the molecule is CCOC(=O)[C@H](C)N1C(=O)S/C(=C/c2cc(Cl)c(OCc3ccc([N+](=O)[O-])cc3)c(OCC)c2)C1=O. The minimum atomic E-state index is -1.05. The smallest absolute Gasteiger partial charge is 0.329 e. The van der Waals surface area contributed by atoms with Gasteiger partial charge in [-0.15, -0.1) is 0 Å². The quantitative estimate of drug-likeness (QED) is 0.175. The summed E-state index contributed by atoms with van der Waals surface area (Å²) in [5, 5.41) is 10.4. The van der Waals surface area contributed by atoms with Gasteiger partial charge in [-0.1, -0.05) is 11.6 Å². The summed E-state index contributed by atoms with van der Waals surface area (Å²) >= 11 is 7.16. The summed E-state index contributed by atoms with van der Waals surface area (Å²) in [7, 11) is 0. The van der Waals surface area contributed by atoms with Crippen LogP contribution in [0.25, 0.3) is 6.08 Å². The van der Waals surface area contributed by atoms with Crippen molar-refractivity contribution in [2.45, 2.75) is 33.4 Å². The Labute approximate surface area is 216 Å². The van der Waals surface area contributed by atoms with E-state index in [1.807, 2.05) is 0 Å². The van der Waals surface area contributed by atoms with E-state index in [-0.39, 0.29) is 34.6 Å². The van der Waals surface area contributed by atoms with Gasteiger partial charge in [0, 0.05) is 12.1 Å². The van der Waals surface area contributed by atoms with Crippen LogP contribution in [0.5, 0.6) is 11.5 Å². The third kappa shape index (κ3) is 6.16.